The maximum absolute atomic E-state index is 10.5. The van der Waals surface area contributed by atoms with E-state index in [1.165, 1.54) is 12.1 Å². The predicted molar refractivity (Wildman–Crippen MR) is 52.2 cm³/mol. The fraction of sp³-hybridized carbons (Fsp3) is 0.250. The van der Waals surface area contributed by atoms with E-state index in [4.69, 9.17) is 0 Å². The van der Waals surface area contributed by atoms with Crippen molar-refractivity contribution < 1.29 is 4.92 Å². The second-order valence-corrected chi connectivity index (χ2v) is 2.53. The van der Waals surface area contributed by atoms with E-state index in [1.807, 2.05) is 0 Å². The second-order valence-electron chi connectivity index (χ2n) is 2.53. The van der Waals surface area contributed by atoms with E-state index in [0.29, 0.717) is 0 Å². The molecule has 0 amide bonds. The SMILES string of the molecule is CNc1cc(NC)cc([N+](=O)[O-])c1. The first-order chi connectivity index (χ1) is 6.17. The average molecular weight is 181 g/mol. The van der Waals surface area contributed by atoms with E-state index >= 15 is 0 Å². The van der Waals surface area contributed by atoms with E-state index in [1.54, 1.807) is 20.2 Å². The Labute approximate surface area is 75.9 Å². The van der Waals surface area contributed by atoms with Crippen molar-refractivity contribution in [3.05, 3.63) is 28.3 Å². The Balaban J connectivity index is 3.14. The molecule has 5 heteroatoms. The molecule has 0 atom stereocenters. The number of rotatable bonds is 3. The Hall–Kier alpha value is -1.78. The van der Waals surface area contributed by atoms with Crippen LogP contribution in [0.4, 0.5) is 17.1 Å². The van der Waals surface area contributed by atoms with Crippen LogP contribution in [-0.2, 0) is 0 Å². The van der Waals surface area contributed by atoms with E-state index in [2.05, 4.69) is 10.6 Å². The van der Waals surface area contributed by atoms with Gasteiger partial charge in [-0.15, -0.1) is 0 Å². The molecule has 0 heterocycles. The topological polar surface area (TPSA) is 67.2 Å². The maximum Gasteiger partial charge on any atom is 0.273 e. The lowest BCUT2D eigenvalue weighted by Crippen LogP contribution is -1.95. The normalized spacial score (nSPS) is 9.38. The van der Waals surface area contributed by atoms with Crippen molar-refractivity contribution >= 4 is 17.1 Å². The second kappa shape index (κ2) is 3.75. The molecule has 1 rings (SSSR count). The third-order valence-corrected chi connectivity index (χ3v) is 1.71. The summed E-state index contributed by atoms with van der Waals surface area (Å²) >= 11 is 0. The van der Waals surface area contributed by atoms with Gasteiger partial charge in [-0.2, -0.15) is 0 Å². The molecule has 0 fully saturated rings. The molecule has 1 aromatic rings. The third kappa shape index (κ3) is 2.08. The lowest BCUT2D eigenvalue weighted by molar-refractivity contribution is -0.384. The Kier molecular flexibility index (Phi) is 2.69. The average Bonchev–Trinajstić information content (AvgIpc) is 2.16. The summed E-state index contributed by atoms with van der Waals surface area (Å²) in [5, 5.41) is 16.2. The van der Waals surface area contributed by atoms with Gasteiger partial charge in [0.2, 0.25) is 0 Å². The summed E-state index contributed by atoms with van der Waals surface area (Å²) in [6, 6.07) is 4.77. The molecule has 0 radical (unpaired) electrons. The van der Waals surface area contributed by atoms with Crippen LogP contribution in [0.25, 0.3) is 0 Å². The van der Waals surface area contributed by atoms with Gasteiger partial charge in [0.05, 0.1) is 4.92 Å². The van der Waals surface area contributed by atoms with Gasteiger partial charge in [-0.05, 0) is 6.07 Å². The van der Waals surface area contributed by atoms with Crippen molar-refractivity contribution in [2.75, 3.05) is 24.7 Å². The number of nitro benzene ring substituents is 1. The molecular formula is C8H11N3O2. The monoisotopic (exact) mass is 181 g/mol. The summed E-state index contributed by atoms with van der Waals surface area (Å²) in [6.45, 7) is 0. The first-order valence-corrected chi connectivity index (χ1v) is 3.82. The number of hydrogen-bond donors (Lipinski definition) is 2. The minimum absolute atomic E-state index is 0.0798. The van der Waals surface area contributed by atoms with Crippen LogP contribution >= 0.6 is 0 Å². The Morgan fingerprint density at radius 1 is 1.15 bits per heavy atom. The summed E-state index contributed by atoms with van der Waals surface area (Å²) in [6.07, 6.45) is 0. The molecule has 5 nitrogen and oxygen atoms in total. The minimum Gasteiger partial charge on any atom is -0.388 e. The number of non-ortho nitro benzene ring substituents is 1. The first-order valence-electron chi connectivity index (χ1n) is 3.82. The molecule has 0 aromatic heterocycles. The van der Waals surface area contributed by atoms with Crippen LogP contribution in [0.2, 0.25) is 0 Å². The summed E-state index contributed by atoms with van der Waals surface area (Å²) in [5.74, 6) is 0. The zero-order valence-electron chi connectivity index (χ0n) is 7.50. The predicted octanol–water partition coefficient (Wildman–Crippen LogP) is 1.68. The molecule has 0 saturated carbocycles. The molecule has 0 bridgehead atoms. The van der Waals surface area contributed by atoms with Crippen LogP contribution < -0.4 is 10.6 Å². The van der Waals surface area contributed by atoms with Crippen LogP contribution in [0.5, 0.6) is 0 Å². The number of nitrogens with one attached hydrogen (secondary N) is 2. The highest BCUT2D eigenvalue weighted by Gasteiger charge is 2.07. The van der Waals surface area contributed by atoms with Crippen LogP contribution in [0.15, 0.2) is 18.2 Å². The molecular weight excluding hydrogens is 170 g/mol. The van der Waals surface area contributed by atoms with E-state index in [-0.39, 0.29) is 5.69 Å². The molecule has 0 spiro atoms. The number of nitrogens with zero attached hydrogens (tertiary/aromatic N) is 1. The molecule has 70 valence electrons. The van der Waals surface area contributed by atoms with Gasteiger partial charge in [0.15, 0.2) is 0 Å². The quantitative estimate of drug-likeness (QED) is 0.550. The van der Waals surface area contributed by atoms with Crippen molar-refractivity contribution in [2.45, 2.75) is 0 Å². The van der Waals surface area contributed by atoms with Gasteiger partial charge < -0.3 is 10.6 Å². The molecule has 0 unspecified atom stereocenters. The lowest BCUT2D eigenvalue weighted by Gasteiger charge is -2.04. The van der Waals surface area contributed by atoms with Gasteiger partial charge in [0.25, 0.3) is 5.69 Å². The Morgan fingerprint density at radius 2 is 1.62 bits per heavy atom. The fourth-order valence-corrected chi connectivity index (χ4v) is 1.01. The summed E-state index contributed by atoms with van der Waals surface area (Å²) in [5.41, 5.74) is 1.52. The standard InChI is InChI=1S/C8H11N3O2/c1-9-6-3-7(10-2)5-8(4-6)11(12)13/h3-5,9-10H,1-2H3. The molecule has 13 heavy (non-hydrogen) atoms. The molecule has 2 N–H and O–H groups in total. The Morgan fingerprint density at radius 3 is 1.92 bits per heavy atom. The number of anilines is 2. The van der Waals surface area contributed by atoms with Crippen molar-refractivity contribution in [1.82, 2.24) is 0 Å². The van der Waals surface area contributed by atoms with Gasteiger partial charge in [-0.25, -0.2) is 0 Å². The van der Waals surface area contributed by atoms with Crippen molar-refractivity contribution in [3.8, 4) is 0 Å². The zero-order chi connectivity index (χ0) is 9.84. The van der Waals surface area contributed by atoms with E-state index in [9.17, 15) is 10.1 Å². The van der Waals surface area contributed by atoms with Gasteiger partial charge in [0.1, 0.15) is 0 Å². The fourth-order valence-electron chi connectivity index (χ4n) is 1.01. The number of benzene rings is 1. The van der Waals surface area contributed by atoms with Crippen LogP contribution in [0.1, 0.15) is 0 Å². The highest BCUT2D eigenvalue weighted by Crippen LogP contribution is 2.23. The number of hydrogen-bond acceptors (Lipinski definition) is 4. The smallest absolute Gasteiger partial charge is 0.273 e. The highest BCUT2D eigenvalue weighted by atomic mass is 16.6. The van der Waals surface area contributed by atoms with Crippen molar-refractivity contribution in [2.24, 2.45) is 0 Å². The van der Waals surface area contributed by atoms with Gasteiger partial charge in [0, 0.05) is 37.6 Å². The molecule has 0 aliphatic heterocycles. The van der Waals surface area contributed by atoms with Gasteiger partial charge in [-0.3, -0.25) is 10.1 Å². The van der Waals surface area contributed by atoms with Gasteiger partial charge in [-0.1, -0.05) is 0 Å². The highest BCUT2D eigenvalue weighted by molar-refractivity contribution is 5.62. The largest absolute Gasteiger partial charge is 0.388 e. The minimum atomic E-state index is -0.415. The maximum atomic E-state index is 10.5. The zero-order valence-corrected chi connectivity index (χ0v) is 7.50. The van der Waals surface area contributed by atoms with Crippen LogP contribution in [0.3, 0.4) is 0 Å². The molecule has 0 saturated heterocycles. The van der Waals surface area contributed by atoms with Gasteiger partial charge >= 0.3 is 0 Å². The third-order valence-electron chi connectivity index (χ3n) is 1.71. The molecule has 0 aliphatic rings. The summed E-state index contributed by atoms with van der Waals surface area (Å²) < 4.78 is 0. The van der Waals surface area contributed by atoms with Crippen molar-refractivity contribution in [3.63, 3.8) is 0 Å². The summed E-state index contributed by atoms with van der Waals surface area (Å²) in [7, 11) is 3.44. The van der Waals surface area contributed by atoms with Crippen LogP contribution in [-0.4, -0.2) is 19.0 Å². The van der Waals surface area contributed by atoms with Crippen LogP contribution in [0, 0.1) is 10.1 Å². The lowest BCUT2D eigenvalue weighted by atomic mass is 10.2. The molecule has 1 aromatic carbocycles. The number of nitro groups is 1. The van der Waals surface area contributed by atoms with E-state index < -0.39 is 4.92 Å². The summed E-state index contributed by atoms with van der Waals surface area (Å²) in [4.78, 5) is 10.1. The van der Waals surface area contributed by atoms with Crippen molar-refractivity contribution in [1.29, 1.82) is 0 Å². The molecule has 0 aliphatic carbocycles. The Bertz CT molecular complexity index is 303. The van der Waals surface area contributed by atoms with E-state index in [0.717, 1.165) is 11.4 Å². The first kappa shape index (κ1) is 9.31.